The Morgan fingerprint density at radius 3 is 2.41 bits per heavy atom. The van der Waals surface area contributed by atoms with Crippen LogP contribution in [0.5, 0.6) is 11.5 Å². The van der Waals surface area contributed by atoms with Gasteiger partial charge in [0.05, 0.1) is 19.3 Å². The molecule has 1 heterocycles. The fraction of sp³-hybridized carbons (Fsp3) is 0.538. The second-order valence-electron chi connectivity index (χ2n) is 3.88. The Morgan fingerprint density at radius 2 is 1.82 bits per heavy atom. The highest BCUT2D eigenvalue weighted by Crippen LogP contribution is 2.26. The van der Waals surface area contributed by atoms with Crippen LogP contribution in [0.25, 0.3) is 0 Å². The molecule has 0 atom stereocenters. The zero-order chi connectivity index (χ0) is 11.9. The molecule has 1 aliphatic rings. The Bertz CT molecular complexity index is 339. The number of ether oxygens (including phenoxy) is 3. The first-order valence-electron chi connectivity index (χ1n) is 6.07. The maximum Gasteiger partial charge on any atom is 0.161 e. The van der Waals surface area contributed by atoms with Crippen molar-refractivity contribution in [1.82, 2.24) is 5.32 Å². The van der Waals surface area contributed by atoms with Crippen LogP contribution < -0.4 is 14.8 Å². The number of benzene rings is 1. The number of rotatable bonds is 7. The van der Waals surface area contributed by atoms with Crippen LogP contribution in [0.2, 0.25) is 0 Å². The van der Waals surface area contributed by atoms with E-state index in [4.69, 9.17) is 14.2 Å². The smallest absolute Gasteiger partial charge is 0.161 e. The lowest BCUT2D eigenvalue weighted by atomic mass is 10.2. The van der Waals surface area contributed by atoms with E-state index in [2.05, 4.69) is 5.32 Å². The van der Waals surface area contributed by atoms with Crippen LogP contribution in [0, 0.1) is 0 Å². The van der Waals surface area contributed by atoms with Crippen LogP contribution in [0.3, 0.4) is 0 Å². The molecule has 1 saturated heterocycles. The van der Waals surface area contributed by atoms with Crippen molar-refractivity contribution in [2.24, 2.45) is 0 Å². The molecular weight excluding hydrogens is 218 g/mol. The molecule has 94 valence electrons. The Morgan fingerprint density at radius 1 is 1.12 bits per heavy atom. The minimum atomic E-state index is 0.362. The van der Waals surface area contributed by atoms with Gasteiger partial charge in [0, 0.05) is 13.1 Å². The molecule has 17 heavy (non-hydrogen) atoms. The number of hydrogen-bond acceptors (Lipinski definition) is 4. The fourth-order valence-electron chi connectivity index (χ4n) is 1.59. The molecule has 0 aromatic heterocycles. The molecule has 0 unspecified atom stereocenters. The molecule has 0 saturated carbocycles. The summed E-state index contributed by atoms with van der Waals surface area (Å²) in [6, 6.07) is 7.70. The average molecular weight is 237 g/mol. The summed E-state index contributed by atoms with van der Waals surface area (Å²) in [6.45, 7) is 5.69. The summed E-state index contributed by atoms with van der Waals surface area (Å²) in [5, 5.41) is 3.16. The van der Waals surface area contributed by atoms with Gasteiger partial charge >= 0.3 is 0 Å². The van der Waals surface area contributed by atoms with Crippen molar-refractivity contribution in [2.75, 3.05) is 32.9 Å². The van der Waals surface area contributed by atoms with Crippen molar-refractivity contribution >= 4 is 0 Å². The summed E-state index contributed by atoms with van der Waals surface area (Å²) in [6.07, 6.45) is 0.362. The van der Waals surface area contributed by atoms with E-state index in [1.165, 1.54) is 0 Å². The molecule has 1 fully saturated rings. The second-order valence-corrected chi connectivity index (χ2v) is 3.88. The second kappa shape index (κ2) is 6.47. The van der Waals surface area contributed by atoms with Crippen molar-refractivity contribution in [3.8, 4) is 11.5 Å². The minimum absolute atomic E-state index is 0.362. The molecule has 1 aromatic rings. The largest absolute Gasteiger partial charge is 0.490 e. The first kappa shape index (κ1) is 12.2. The van der Waals surface area contributed by atoms with Crippen LogP contribution in [-0.2, 0) is 4.74 Å². The maximum absolute atomic E-state index is 5.64. The Labute approximate surface area is 102 Å². The molecule has 0 bridgehead atoms. The lowest BCUT2D eigenvalue weighted by molar-refractivity contribution is 0.00421. The first-order chi connectivity index (χ1) is 8.40. The van der Waals surface area contributed by atoms with Crippen molar-refractivity contribution in [3.63, 3.8) is 0 Å². The standard InChI is InChI=1S/C13H19NO3/c1-2-15-12-5-3-4-6-13(12)17-8-7-16-11-9-14-10-11/h3-6,11,14H,2,7-10H2,1H3. The van der Waals surface area contributed by atoms with Gasteiger partial charge in [-0.25, -0.2) is 0 Å². The normalized spacial score (nSPS) is 15.4. The Hall–Kier alpha value is -1.26. The van der Waals surface area contributed by atoms with Gasteiger partial charge in [-0.2, -0.15) is 0 Å². The fourth-order valence-corrected chi connectivity index (χ4v) is 1.59. The van der Waals surface area contributed by atoms with Crippen molar-refractivity contribution in [2.45, 2.75) is 13.0 Å². The summed E-state index contributed by atoms with van der Waals surface area (Å²) in [5.41, 5.74) is 0. The molecule has 0 amide bonds. The van der Waals surface area contributed by atoms with Crippen molar-refractivity contribution in [1.29, 1.82) is 0 Å². The quantitative estimate of drug-likeness (QED) is 0.729. The van der Waals surface area contributed by atoms with E-state index < -0.39 is 0 Å². The number of nitrogens with one attached hydrogen (secondary N) is 1. The monoisotopic (exact) mass is 237 g/mol. The third-order valence-corrected chi connectivity index (χ3v) is 2.59. The molecule has 1 N–H and O–H groups in total. The SMILES string of the molecule is CCOc1ccccc1OCCOC1CNC1. The van der Waals surface area contributed by atoms with Gasteiger partial charge in [0.2, 0.25) is 0 Å². The predicted molar refractivity (Wildman–Crippen MR) is 65.7 cm³/mol. The van der Waals surface area contributed by atoms with Gasteiger partial charge < -0.3 is 19.5 Å². The molecule has 1 aliphatic heterocycles. The predicted octanol–water partition coefficient (Wildman–Crippen LogP) is 1.45. The molecule has 1 aromatic carbocycles. The summed E-state index contributed by atoms with van der Waals surface area (Å²) in [5.74, 6) is 1.57. The van der Waals surface area contributed by atoms with Gasteiger partial charge in [-0.05, 0) is 19.1 Å². The highest BCUT2D eigenvalue weighted by molar-refractivity contribution is 5.39. The molecule has 4 heteroatoms. The average Bonchev–Trinajstić information content (AvgIpc) is 2.29. The molecule has 0 aliphatic carbocycles. The van der Waals surface area contributed by atoms with Crippen LogP contribution in [0.1, 0.15) is 6.92 Å². The van der Waals surface area contributed by atoms with E-state index in [0.29, 0.717) is 25.9 Å². The number of hydrogen-bond donors (Lipinski definition) is 1. The van der Waals surface area contributed by atoms with E-state index in [1.807, 2.05) is 31.2 Å². The van der Waals surface area contributed by atoms with Gasteiger partial charge in [-0.3, -0.25) is 0 Å². The lowest BCUT2D eigenvalue weighted by Gasteiger charge is -2.27. The van der Waals surface area contributed by atoms with Crippen LogP contribution >= 0.6 is 0 Å². The third-order valence-electron chi connectivity index (χ3n) is 2.59. The van der Waals surface area contributed by atoms with E-state index >= 15 is 0 Å². The van der Waals surface area contributed by atoms with Crippen LogP contribution in [0.4, 0.5) is 0 Å². The van der Waals surface area contributed by atoms with Gasteiger partial charge in [0.25, 0.3) is 0 Å². The first-order valence-corrected chi connectivity index (χ1v) is 6.07. The number of para-hydroxylation sites is 2. The topological polar surface area (TPSA) is 39.7 Å². The zero-order valence-corrected chi connectivity index (χ0v) is 10.1. The van der Waals surface area contributed by atoms with Crippen LogP contribution in [-0.4, -0.2) is 39.0 Å². The van der Waals surface area contributed by atoms with E-state index in [-0.39, 0.29) is 0 Å². The van der Waals surface area contributed by atoms with E-state index in [0.717, 1.165) is 24.6 Å². The molecular formula is C13H19NO3. The highest BCUT2D eigenvalue weighted by atomic mass is 16.5. The van der Waals surface area contributed by atoms with Gasteiger partial charge in [0.1, 0.15) is 6.61 Å². The van der Waals surface area contributed by atoms with Gasteiger partial charge in [-0.15, -0.1) is 0 Å². The van der Waals surface area contributed by atoms with Gasteiger partial charge in [-0.1, -0.05) is 12.1 Å². The van der Waals surface area contributed by atoms with Crippen molar-refractivity contribution < 1.29 is 14.2 Å². The van der Waals surface area contributed by atoms with Gasteiger partial charge in [0.15, 0.2) is 11.5 Å². The summed E-state index contributed by atoms with van der Waals surface area (Å²) >= 11 is 0. The summed E-state index contributed by atoms with van der Waals surface area (Å²) in [7, 11) is 0. The third kappa shape index (κ3) is 3.61. The minimum Gasteiger partial charge on any atom is -0.490 e. The molecule has 0 spiro atoms. The lowest BCUT2D eigenvalue weighted by Crippen LogP contribution is -2.48. The molecule has 0 radical (unpaired) electrons. The summed E-state index contributed by atoms with van der Waals surface area (Å²) in [4.78, 5) is 0. The van der Waals surface area contributed by atoms with E-state index in [1.54, 1.807) is 0 Å². The molecule has 2 rings (SSSR count). The summed E-state index contributed by atoms with van der Waals surface area (Å²) < 4.78 is 16.7. The zero-order valence-electron chi connectivity index (χ0n) is 10.1. The van der Waals surface area contributed by atoms with E-state index in [9.17, 15) is 0 Å². The maximum atomic E-state index is 5.64. The van der Waals surface area contributed by atoms with Crippen LogP contribution in [0.15, 0.2) is 24.3 Å². The molecule has 4 nitrogen and oxygen atoms in total. The highest BCUT2D eigenvalue weighted by Gasteiger charge is 2.16. The Balaban J connectivity index is 1.73. The Kier molecular flexibility index (Phi) is 4.64. The van der Waals surface area contributed by atoms with Crippen molar-refractivity contribution in [3.05, 3.63) is 24.3 Å².